The van der Waals surface area contributed by atoms with Crippen molar-refractivity contribution in [1.29, 1.82) is 0 Å². The lowest BCUT2D eigenvalue weighted by Crippen LogP contribution is -2.47. The van der Waals surface area contributed by atoms with Crippen LogP contribution in [0.3, 0.4) is 0 Å². The van der Waals surface area contributed by atoms with Crippen LogP contribution in [0, 0.1) is 5.92 Å². The molecular formula is C15H27NO4. The number of piperidine rings is 1. The van der Waals surface area contributed by atoms with Crippen LogP contribution < -0.4 is 0 Å². The highest BCUT2D eigenvalue weighted by Crippen LogP contribution is 2.27. The van der Waals surface area contributed by atoms with E-state index in [9.17, 15) is 9.59 Å². The summed E-state index contributed by atoms with van der Waals surface area (Å²) in [7, 11) is 0. The second kappa shape index (κ2) is 6.95. The molecule has 0 radical (unpaired) electrons. The molecule has 0 saturated carbocycles. The topological polar surface area (TPSA) is 55.8 Å². The number of likely N-dealkylation sites (tertiary alicyclic amines) is 1. The maximum Gasteiger partial charge on any atom is 0.410 e. The molecule has 2 unspecified atom stereocenters. The van der Waals surface area contributed by atoms with Crippen LogP contribution >= 0.6 is 0 Å². The molecule has 0 spiro atoms. The number of ether oxygens (including phenoxy) is 2. The molecule has 0 N–H and O–H groups in total. The first-order valence-electron chi connectivity index (χ1n) is 7.38. The first kappa shape index (κ1) is 16.8. The molecule has 1 amide bonds. The summed E-state index contributed by atoms with van der Waals surface area (Å²) in [5.41, 5.74) is -0.474. The van der Waals surface area contributed by atoms with Gasteiger partial charge in [-0.15, -0.1) is 0 Å². The molecule has 116 valence electrons. The van der Waals surface area contributed by atoms with Gasteiger partial charge in [-0.3, -0.25) is 4.79 Å². The first-order valence-corrected chi connectivity index (χ1v) is 7.38. The average molecular weight is 285 g/mol. The second-order valence-corrected chi connectivity index (χ2v) is 6.42. The fraction of sp³-hybridized carbons (Fsp3) is 0.867. The smallest absolute Gasteiger partial charge is 0.410 e. The number of hydrogen-bond acceptors (Lipinski definition) is 4. The first-order chi connectivity index (χ1) is 9.23. The van der Waals surface area contributed by atoms with Gasteiger partial charge < -0.3 is 14.4 Å². The summed E-state index contributed by atoms with van der Waals surface area (Å²) in [6, 6.07) is 0.0954. The molecule has 0 aromatic heterocycles. The lowest BCUT2D eigenvalue weighted by molar-refractivity contribution is -0.144. The Bertz CT molecular complexity index is 348. The molecule has 20 heavy (non-hydrogen) atoms. The number of carbonyl (C=O) groups is 2. The monoisotopic (exact) mass is 285 g/mol. The standard InChI is InChI=1S/C15H27NO4/c1-6-19-13(17)10-12-7-8-16(11(2)9-12)14(18)20-15(3,4)5/h11-12H,6-10H2,1-5H3. The van der Waals surface area contributed by atoms with Crippen molar-refractivity contribution >= 4 is 12.1 Å². The Morgan fingerprint density at radius 1 is 1.30 bits per heavy atom. The Hall–Kier alpha value is -1.26. The predicted molar refractivity (Wildman–Crippen MR) is 76.4 cm³/mol. The Labute approximate surface area is 121 Å². The van der Waals surface area contributed by atoms with Crippen LogP contribution in [0.5, 0.6) is 0 Å². The van der Waals surface area contributed by atoms with E-state index in [1.807, 2.05) is 34.6 Å². The van der Waals surface area contributed by atoms with Gasteiger partial charge in [0.05, 0.1) is 6.61 Å². The van der Waals surface area contributed by atoms with E-state index >= 15 is 0 Å². The lowest BCUT2D eigenvalue weighted by atomic mass is 9.89. The lowest BCUT2D eigenvalue weighted by Gasteiger charge is -2.38. The number of nitrogens with zero attached hydrogens (tertiary/aromatic N) is 1. The number of esters is 1. The van der Waals surface area contributed by atoms with E-state index < -0.39 is 5.60 Å². The van der Waals surface area contributed by atoms with Gasteiger partial charge in [-0.25, -0.2) is 4.79 Å². The van der Waals surface area contributed by atoms with Crippen LogP contribution in [0.25, 0.3) is 0 Å². The molecule has 0 aromatic carbocycles. The largest absolute Gasteiger partial charge is 0.466 e. The van der Waals surface area contributed by atoms with Crippen LogP contribution in [0.15, 0.2) is 0 Å². The number of amides is 1. The zero-order valence-electron chi connectivity index (χ0n) is 13.3. The number of rotatable bonds is 3. The Balaban J connectivity index is 2.47. The molecule has 1 saturated heterocycles. The van der Waals surface area contributed by atoms with Gasteiger partial charge in [0.2, 0.25) is 0 Å². The molecule has 5 nitrogen and oxygen atoms in total. The number of hydrogen-bond donors (Lipinski definition) is 0. The third-order valence-electron chi connectivity index (χ3n) is 3.37. The SMILES string of the molecule is CCOC(=O)CC1CCN(C(=O)OC(C)(C)C)C(C)C1. The van der Waals surface area contributed by atoms with Crippen molar-refractivity contribution in [3.8, 4) is 0 Å². The molecule has 1 rings (SSSR count). The van der Waals surface area contributed by atoms with Crippen LogP contribution in [-0.4, -0.2) is 41.8 Å². The van der Waals surface area contributed by atoms with Gasteiger partial charge >= 0.3 is 12.1 Å². The van der Waals surface area contributed by atoms with E-state index in [0.29, 0.717) is 25.5 Å². The summed E-state index contributed by atoms with van der Waals surface area (Å²) in [6.45, 7) is 10.5. The van der Waals surface area contributed by atoms with Crippen molar-refractivity contribution in [2.45, 2.75) is 65.5 Å². The van der Waals surface area contributed by atoms with E-state index in [2.05, 4.69) is 0 Å². The van der Waals surface area contributed by atoms with Gasteiger partial charge in [0, 0.05) is 19.0 Å². The van der Waals surface area contributed by atoms with E-state index in [0.717, 1.165) is 12.8 Å². The highest BCUT2D eigenvalue weighted by atomic mass is 16.6. The van der Waals surface area contributed by atoms with Crippen molar-refractivity contribution in [3.63, 3.8) is 0 Å². The molecule has 5 heteroatoms. The summed E-state index contributed by atoms with van der Waals surface area (Å²) >= 11 is 0. The van der Waals surface area contributed by atoms with E-state index in [1.54, 1.807) is 4.90 Å². The Morgan fingerprint density at radius 2 is 1.95 bits per heavy atom. The normalized spacial score (nSPS) is 23.4. The predicted octanol–water partition coefficient (Wildman–Crippen LogP) is 2.98. The van der Waals surface area contributed by atoms with Gasteiger partial charge in [0.25, 0.3) is 0 Å². The number of carbonyl (C=O) groups excluding carboxylic acids is 2. The molecule has 2 atom stereocenters. The third-order valence-corrected chi connectivity index (χ3v) is 3.37. The van der Waals surface area contributed by atoms with E-state index in [-0.39, 0.29) is 18.1 Å². The molecule has 0 aromatic rings. The van der Waals surface area contributed by atoms with Gasteiger partial charge in [-0.1, -0.05) is 0 Å². The summed E-state index contributed by atoms with van der Waals surface area (Å²) in [5.74, 6) is 0.151. The maximum atomic E-state index is 12.1. The fourth-order valence-corrected chi connectivity index (χ4v) is 2.50. The third kappa shape index (κ3) is 5.39. The van der Waals surface area contributed by atoms with Gasteiger partial charge in [-0.05, 0) is 53.4 Å². The average Bonchev–Trinajstić information content (AvgIpc) is 2.26. The molecule has 1 aliphatic rings. The van der Waals surface area contributed by atoms with Crippen molar-refractivity contribution in [2.24, 2.45) is 5.92 Å². The van der Waals surface area contributed by atoms with E-state index in [1.165, 1.54) is 0 Å². The van der Waals surface area contributed by atoms with Crippen molar-refractivity contribution in [2.75, 3.05) is 13.2 Å². The zero-order chi connectivity index (χ0) is 15.3. The molecule has 1 aliphatic heterocycles. The van der Waals surface area contributed by atoms with Crippen molar-refractivity contribution in [1.82, 2.24) is 4.90 Å². The minimum atomic E-state index is -0.474. The zero-order valence-corrected chi connectivity index (χ0v) is 13.3. The minimum absolute atomic E-state index is 0.0954. The summed E-state index contributed by atoms with van der Waals surface area (Å²) < 4.78 is 10.4. The quantitative estimate of drug-likeness (QED) is 0.748. The molecule has 1 heterocycles. The van der Waals surface area contributed by atoms with Crippen LogP contribution in [0.1, 0.15) is 53.9 Å². The maximum absolute atomic E-state index is 12.1. The molecule has 0 aliphatic carbocycles. The highest BCUT2D eigenvalue weighted by molar-refractivity contribution is 5.70. The van der Waals surface area contributed by atoms with E-state index in [4.69, 9.17) is 9.47 Å². The fourth-order valence-electron chi connectivity index (χ4n) is 2.50. The van der Waals surface area contributed by atoms with Crippen LogP contribution in [0.4, 0.5) is 4.79 Å². The van der Waals surface area contributed by atoms with Gasteiger partial charge in [0.15, 0.2) is 0 Å². The van der Waals surface area contributed by atoms with Crippen LogP contribution in [0.2, 0.25) is 0 Å². The molecular weight excluding hydrogens is 258 g/mol. The summed E-state index contributed by atoms with van der Waals surface area (Å²) in [5, 5.41) is 0. The highest BCUT2D eigenvalue weighted by Gasteiger charge is 2.32. The summed E-state index contributed by atoms with van der Waals surface area (Å²) in [6.07, 6.45) is 1.82. The molecule has 1 fully saturated rings. The van der Waals surface area contributed by atoms with Gasteiger partial charge in [-0.2, -0.15) is 0 Å². The second-order valence-electron chi connectivity index (χ2n) is 6.42. The Morgan fingerprint density at radius 3 is 2.45 bits per heavy atom. The van der Waals surface area contributed by atoms with Crippen LogP contribution in [-0.2, 0) is 14.3 Å². The van der Waals surface area contributed by atoms with Crippen molar-refractivity contribution < 1.29 is 19.1 Å². The Kier molecular flexibility index (Phi) is 5.84. The van der Waals surface area contributed by atoms with Crippen molar-refractivity contribution in [3.05, 3.63) is 0 Å². The summed E-state index contributed by atoms with van der Waals surface area (Å²) in [4.78, 5) is 25.3. The minimum Gasteiger partial charge on any atom is -0.466 e. The van der Waals surface area contributed by atoms with Gasteiger partial charge in [0.1, 0.15) is 5.60 Å². The molecule has 0 bridgehead atoms.